The minimum atomic E-state index is -1.73. The molecule has 1 aromatic carbocycles. The molecule has 13 heteroatoms. The number of aliphatic hydroxyl groups excluding tert-OH is 2. The Morgan fingerprint density at radius 3 is 1.90 bits per heavy atom. The highest BCUT2D eigenvalue weighted by Gasteiger charge is 2.55. The lowest BCUT2D eigenvalue weighted by Crippen LogP contribution is -2.65. The molecule has 2 heterocycles. The van der Waals surface area contributed by atoms with Gasteiger partial charge in [0.15, 0.2) is 36.1 Å². The van der Waals surface area contributed by atoms with E-state index in [9.17, 15) is 29.7 Å². The van der Waals surface area contributed by atoms with Crippen LogP contribution in [0.1, 0.15) is 92.7 Å². The number of hydrogen-bond donors (Lipinski definition) is 3. The molecule has 0 aromatic heterocycles. The highest BCUT2D eigenvalue weighted by Crippen LogP contribution is 2.41. The number of esters is 3. The molecule has 1 aromatic rings. The highest BCUT2D eigenvalue weighted by molar-refractivity contribution is 5.88. The van der Waals surface area contributed by atoms with Crippen molar-refractivity contribution in [1.29, 1.82) is 0 Å². The lowest BCUT2D eigenvalue weighted by atomic mass is 9.96. The van der Waals surface area contributed by atoms with Gasteiger partial charge in [-0.15, -0.1) is 0 Å². The van der Waals surface area contributed by atoms with Gasteiger partial charge >= 0.3 is 17.9 Å². The lowest BCUT2D eigenvalue weighted by Gasteiger charge is -2.47. The average molecular weight is 707 g/mol. The van der Waals surface area contributed by atoms with E-state index in [4.69, 9.17) is 33.2 Å². The summed E-state index contributed by atoms with van der Waals surface area (Å²) in [7, 11) is 0. The van der Waals surface area contributed by atoms with Crippen molar-refractivity contribution in [3.63, 3.8) is 0 Å². The molecule has 3 rings (SSSR count). The number of aromatic hydroxyl groups is 1. The fraction of sp³-hybridized carbons (Fsp3) is 0.649. The molecule has 0 radical (unpaired) electrons. The first-order chi connectivity index (χ1) is 23.4. The van der Waals surface area contributed by atoms with Crippen molar-refractivity contribution in [3.05, 3.63) is 46.6 Å². The highest BCUT2D eigenvalue weighted by atomic mass is 16.8. The van der Waals surface area contributed by atoms with Crippen LogP contribution in [-0.4, -0.2) is 94.6 Å². The van der Waals surface area contributed by atoms with Gasteiger partial charge < -0.3 is 48.5 Å². The largest absolute Gasteiger partial charge is 0.504 e. The minimum absolute atomic E-state index is 0.00860. The van der Waals surface area contributed by atoms with E-state index in [1.165, 1.54) is 19.9 Å². The smallest absolute Gasteiger partial charge is 0.333 e. The molecule has 0 amide bonds. The molecule has 0 aliphatic carbocycles. The third-order valence-corrected chi connectivity index (χ3v) is 8.86. The van der Waals surface area contributed by atoms with Crippen LogP contribution in [0.5, 0.6) is 11.5 Å². The summed E-state index contributed by atoms with van der Waals surface area (Å²) in [5, 5.41) is 33.4. The Morgan fingerprint density at radius 1 is 0.800 bits per heavy atom. The number of benzene rings is 1. The van der Waals surface area contributed by atoms with Gasteiger partial charge in [0.25, 0.3) is 0 Å². The molecular formula is C37H54O13. The number of aryl methyl sites for hydroxylation is 1. The molecule has 13 nitrogen and oxygen atoms in total. The summed E-state index contributed by atoms with van der Waals surface area (Å²) in [6.45, 7) is 18.7. The molecule has 2 saturated heterocycles. The molecule has 50 heavy (non-hydrogen) atoms. The molecule has 10 unspecified atom stereocenters. The van der Waals surface area contributed by atoms with Gasteiger partial charge in [0, 0.05) is 23.1 Å². The Balaban J connectivity index is 2.15. The molecule has 2 aliphatic rings. The number of ether oxygens (including phenoxy) is 7. The normalized spacial score (nSPS) is 30.6. The van der Waals surface area contributed by atoms with Gasteiger partial charge in [-0.3, -0.25) is 4.79 Å². The van der Waals surface area contributed by atoms with E-state index in [1.807, 2.05) is 33.8 Å². The van der Waals surface area contributed by atoms with Crippen molar-refractivity contribution in [1.82, 2.24) is 0 Å². The van der Waals surface area contributed by atoms with Crippen LogP contribution in [0.3, 0.4) is 0 Å². The van der Waals surface area contributed by atoms with Crippen LogP contribution in [0.2, 0.25) is 0 Å². The summed E-state index contributed by atoms with van der Waals surface area (Å²) < 4.78 is 42.3. The molecule has 10 atom stereocenters. The Bertz CT molecular complexity index is 1420. The predicted octanol–water partition coefficient (Wildman–Crippen LogP) is 4.51. The number of allylic oxidation sites excluding steroid dienone is 2. The zero-order chi connectivity index (χ0) is 37.6. The van der Waals surface area contributed by atoms with Crippen molar-refractivity contribution in [2.24, 2.45) is 5.92 Å². The quantitative estimate of drug-likeness (QED) is 0.157. The zero-order valence-electron chi connectivity index (χ0n) is 30.9. The van der Waals surface area contributed by atoms with E-state index >= 15 is 0 Å². The number of aliphatic hydroxyl groups is 2. The fourth-order valence-electron chi connectivity index (χ4n) is 5.50. The minimum Gasteiger partial charge on any atom is -0.504 e. The van der Waals surface area contributed by atoms with Crippen molar-refractivity contribution in [3.8, 4) is 11.5 Å². The van der Waals surface area contributed by atoms with Crippen LogP contribution in [0.25, 0.3) is 0 Å². The van der Waals surface area contributed by atoms with E-state index in [2.05, 4.69) is 0 Å². The standard InChI is InChI=1S/C37H54O13/c1-12-19(7)34(42)47-29-23(11)45-37(49-30-24(18(5)6)15-14-21(9)26(30)39)33(46-25(38)16-17(3)4)32(29)50-36-28(41)31(27(40)22(10)44-36)48-35(43)20(8)13-2/h12-15,17-18,22-23,27-29,31-33,36-37,39-41H,16H2,1-11H3. The molecule has 0 saturated carbocycles. The Kier molecular flexibility index (Phi) is 14.4. The van der Waals surface area contributed by atoms with Crippen LogP contribution in [0.4, 0.5) is 0 Å². The summed E-state index contributed by atoms with van der Waals surface area (Å²) in [6.07, 6.45) is -10.6. The van der Waals surface area contributed by atoms with Crippen LogP contribution in [0.15, 0.2) is 35.4 Å². The number of phenols is 1. The van der Waals surface area contributed by atoms with Crippen molar-refractivity contribution in [2.75, 3.05) is 0 Å². The van der Waals surface area contributed by atoms with Gasteiger partial charge in [-0.2, -0.15) is 0 Å². The third kappa shape index (κ3) is 9.64. The maximum Gasteiger partial charge on any atom is 0.333 e. The molecule has 0 spiro atoms. The summed E-state index contributed by atoms with van der Waals surface area (Å²) >= 11 is 0. The molecule has 280 valence electrons. The van der Waals surface area contributed by atoms with Crippen molar-refractivity contribution >= 4 is 17.9 Å². The monoisotopic (exact) mass is 706 g/mol. The molecule has 2 fully saturated rings. The number of carbonyl (C=O) groups excluding carboxylic acids is 3. The summed E-state index contributed by atoms with van der Waals surface area (Å²) in [6, 6.07) is 3.57. The first kappa shape index (κ1) is 40.9. The fourth-order valence-corrected chi connectivity index (χ4v) is 5.50. The van der Waals surface area contributed by atoms with Crippen molar-refractivity contribution in [2.45, 2.75) is 150 Å². The first-order valence-electron chi connectivity index (χ1n) is 17.1. The topological polar surface area (TPSA) is 177 Å². The van der Waals surface area contributed by atoms with E-state index < -0.39 is 79.3 Å². The van der Waals surface area contributed by atoms with E-state index in [-0.39, 0.29) is 40.9 Å². The third-order valence-electron chi connectivity index (χ3n) is 8.86. The number of carbonyl (C=O) groups is 3. The van der Waals surface area contributed by atoms with Crippen LogP contribution >= 0.6 is 0 Å². The van der Waals surface area contributed by atoms with Crippen LogP contribution < -0.4 is 4.74 Å². The number of hydrogen-bond acceptors (Lipinski definition) is 13. The summed E-state index contributed by atoms with van der Waals surface area (Å²) in [5.41, 5.74) is 1.72. The van der Waals surface area contributed by atoms with Gasteiger partial charge in [-0.1, -0.05) is 52.0 Å². The Labute approximate surface area is 294 Å². The number of phenolic OH excluding ortho intramolecular Hbond substituents is 1. The van der Waals surface area contributed by atoms with Gasteiger partial charge in [0.2, 0.25) is 6.29 Å². The second-order valence-corrected chi connectivity index (χ2v) is 13.7. The second kappa shape index (κ2) is 17.6. The lowest BCUT2D eigenvalue weighted by molar-refractivity contribution is -0.348. The van der Waals surface area contributed by atoms with Crippen LogP contribution in [-0.2, 0) is 42.8 Å². The SMILES string of the molecule is CC=C(C)C(=O)OC1C(O)C(C)OC(OC2C(OC(=O)C(C)=CC)C(C)OC(Oc3c(C(C)C)ccc(C)c3O)C2OC(=O)CC(C)C)C1O. The number of rotatable bonds is 12. The van der Waals surface area contributed by atoms with E-state index in [0.29, 0.717) is 11.1 Å². The van der Waals surface area contributed by atoms with E-state index in [0.717, 1.165) is 0 Å². The Morgan fingerprint density at radius 2 is 1.36 bits per heavy atom. The summed E-state index contributed by atoms with van der Waals surface area (Å²) in [5.74, 6) is -2.30. The van der Waals surface area contributed by atoms with Gasteiger partial charge in [-0.05, 0) is 65.9 Å². The molecule has 3 N–H and O–H groups in total. The predicted molar refractivity (Wildman–Crippen MR) is 181 cm³/mol. The van der Waals surface area contributed by atoms with E-state index in [1.54, 1.807) is 46.8 Å². The first-order valence-corrected chi connectivity index (χ1v) is 17.1. The maximum absolute atomic E-state index is 13.3. The second-order valence-electron chi connectivity index (χ2n) is 13.7. The molecule has 0 bridgehead atoms. The van der Waals surface area contributed by atoms with Crippen LogP contribution in [0, 0.1) is 12.8 Å². The maximum atomic E-state index is 13.3. The van der Waals surface area contributed by atoms with Crippen molar-refractivity contribution < 1.29 is 62.9 Å². The van der Waals surface area contributed by atoms with Gasteiger partial charge in [-0.25, -0.2) is 9.59 Å². The zero-order valence-corrected chi connectivity index (χ0v) is 30.9. The summed E-state index contributed by atoms with van der Waals surface area (Å²) in [4.78, 5) is 39.1. The molecule has 2 aliphatic heterocycles. The molecular weight excluding hydrogens is 652 g/mol. The van der Waals surface area contributed by atoms with Gasteiger partial charge in [0.1, 0.15) is 18.3 Å². The van der Waals surface area contributed by atoms with Gasteiger partial charge in [0.05, 0.1) is 12.2 Å². The average Bonchev–Trinajstić information content (AvgIpc) is 3.05. The Hall–Kier alpha value is -3.49.